The van der Waals surface area contributed by atoms with E-state index >= 15 is 0 Å². The van der Waals surface area contributed by atoms with Gasteiger partial charge in [0.1, 0.15) is 0 Å². The summed E-state index contributed by atoms with van der Waals surface area (Å²) in [7, 11) is 3.98. The average molecular weight is 797 g/mol. The summed E-state index contributed by atoms with van der Waals surface area (Å²) in [5.41, 5.74) is -0.0610. The number of nitrogens with zero attached hydrogens (tertiary/aromatic N) is 3. The molecule has 197 valence electrons. The van der Waals surface area contributed by atoms with Gasteiger partial charge in [0.25, 0.3) is 0 Å². The van der Waals surface area contributed by atoms with E-state index in [2.05, 4.69) is 38.3 Å². The number of fused-ring (bicyclic) bond motifs is 3. The Hall–Kier alpha value is 0.536. The summed E-state index contributed by atoms with van der Waals surface area (Å²) >= 11 is -2.24. The molecule has 1 saturated carbocycles. The van der Waals surface area contributed by atoms with Gasteiger partial charge in [0.15, 0.2) is 0 Å². The molecule has 5 atom stereocenters. The van der Waals surface area contributed by atoms with Crippen molar-refractivity contribution in [1.29, 1.82) is 0 Å². The number of alkyl carbamates (subject to hydrolysis) is 1. The molecule has 0 aromatic rings. The Balaban J connectivity index is 1.37. The van der Waals surface area contributed by atoms with Crippen LogP contribution in [0.25, 0.3) is 0 Å². The molecule has 2 N–H and O–H groups in total. The summed E-state index contributed by atoms with van der Waals surface area (Å²) < 4.78 is 21.2. The van der Waals surface area contributed by atoms with Crippen LogP contribution in [0, 0.1) is 39.1 Å². The van der Waals surface area contributed by atoms with E-state index in [-0.39, 0.29) is 29.6 Å². The summed E-state index contributed by atoms with van der Waals surface area (Å²) in [5, 5.41) is 6.11. The molecule has 5 unspecified atom stereocenters. The third kappa shape index (κ3) is 10.7. The van der Waals surface area contributed by atoms with E-state index in [1.165, 1.54) is 16.4 Å². The molecule has 0 spiro atoms. The van der Waals surface area contributed by atoms with E-state index in [9.17, 15) is 9.59 Å². The molecular formula is C23H43N5O5UY. The normalized spacial score (nSPS) is 31.0. The van der Waals surface area contributed by atoms with Crippen molar-refractivity contribution in [2.75, 3.05) is 70.0 Å². The third-order valence-corrected chi connectivity index (χ3v) is 18.9. The first-order valence-electron chi connectivity index (χ1n) is 12.7. The van der Waals surface area contributed by atoms with Crippen LogP contribution in [0.5, 0.6) is 0 Å². The molecule has 3 heterocycles. The molecule has 10 nitrogen and oxygen atoms in total. The molecule has 3 saturated heterocycles. The van der Waals surface area contributed by atoms with E-state index in [4.69, 9.17) is 11.7 Å². The molecule has 4 aliphatic rings. The van der Waals surface area contributed by atoms with Crippen LogP contribution in [0.15, 0.2) is 0 Å². The molecule has 4 rings (SSSR count). The van der Waals surface area contributed by atoms with Crippen LogP contribution in [0.3, 0.4) is 0 Å². The molecular weight excluding hydrogens is 753 g/mol. The molecule has 0 radical (unpaired) electrons. The maximum atomic E-state index is 12.7. The van der Waals surface area contributed by atoms with Gasteiger partial charge in [0.2, 0.25) is 0 Å². The van der Waals surface area contributed by atoms with Gasteiger partial charge in [-0.15, -0.1) is 0 Å². The first-order chi connectivity index (χ1) is 16.5. The fourth-order valence-corrected chi connectivity index (χ4v) is 16.9. The Labute approximate surface area is 241 Å². The minimum absolute atomic E-state index is 0.0509. The standard InChI is InChI=1S/C18H35N3O5.C5H9N2.U.Y/c1-17(2)10-14(20-15(22)23)11-18(3,12-17)13-19-16(24)26-9-8-25-7-6-21(4)5;1-7-4-2-6-3-5-7;;/h14,20H,6-13H2,1-5H3,(H,19,24)(H,22,23);2H,1,3-5H2;;/q;-1;2*+1/p-1. The maximum absolute atomic E-state index is 12.7. The number of hydrogen-bond donors (Lipinski definition) is 2. The number of likely N-dealkylation sites (N-methyl/N-ethyl adjacent to an activating group) is 1. The number of piperazine rings is 1. The average Bonchev–Trinajstić information content (AvgIpc) is 2.78. The number of carbonyl (C=O) groups is 2. The fraction of sp³-hybridized carbons (Fsp3) is 0.913. The molecule has 3 aliphatic heterocycles. The van der Waals surface area contributed by atoms with Gasteiger partial charge in [0, 0.05) is 6.54 Å². The molecule has 4 fully saturated rings. The van der Waals surface area contributed by atoms with E-state index in [1.54, 1.807) is 0 Å². The van der Waals surface area contributed by atoms with Crippen LogP contribution in [0.4, 0.5) is 9.59 Å². The molecule has 1 aliphatic carbocycles. The number of carbonyl (C=O) groups excluding carboxylic acids is 2. The van der Waals surface area contributed by atoms with Gasteiger partial charge < -0.3 is 9.64 Å². The van der Waals surface area contributed by atoms with Crippen LogP contribution < -0.4 is 10.6 Å². The zero-order chi connectivity index (χ0) is 25.5. The summed E-state index contributed by atoms with van der Waals surface area (Å²) in [5.74, 6) is 0. The van der Waals surface area contributed by atoms with Gasteiger partial charge in [0.05, 0.1) is 6.61 Å². The molecule has 0 aromatic heterocycles. The quantitative estimate of drug-likeness (QED) is 0.305. The Morgan fingerprint density at radius 2 is 1.91 bits per heavy atom. The van der Waals surface area contributed by atoms with Crippen LogP contribution >= 0.6 is 0 Å². The first kappa shape index (κ1) is 30.1. The number of amides is 2. The van der Waals surface area contributed by atoms with Gasteiger partial charge in [-0.1, -0.05) is 0 Å². The van der Waals surface area contributed by atoms with Crippen molar-refractivity contribution in [2.24, 2.45) is 10.8 Å². The van der Waals surface area contributed by atoms with Crippen LogP contribution in [0.1, 0.15) is 40.0 Å². The SMILES string of the molecule is CN(C)CCOCCOC(=O)NCC1(C)CC(NC(=O)[O][U][CH]2CN3CC[N]2[Y][CH2]3)CC(C)(C)C1. The van der Waals surface area contributed by atoms with Crippen molar-refractivity contribution in [1.82, 2.24) is 22.5 Å². The number of hydrogen-bond acceptors (Lipinski definition) is 8. The topological polar surface area (TPSA) is 95.6 Å². The molecule has 2 bridgehead atoms. The van der Waals surface area contributed by atoms with E-state index < -0.39 is 63.9 Å². The van der Waals surface area contributed by atoms with Gasteiger partial charge in [-0.2, -0.15) is 0 Å². The van der Waals surface area contributed by atoms with Crippen molar-refractivity contribution in [2.45, 2.75) is 49.2 Å². The van der Waals surface area contributed by atoms with Gasteiger partial charge >= 0.3 is 207 Å². The first-order valence-corrected chi connectivity index (χ1v) is 20.1. The summed E-state index contributed by atoms with van der Waals surface area (Å²) in [6, 6.07) is 0.0509. The number of nitrogens with one attached hydrogen (secondary N) is 2. The third-order valence-electron chi connectivity index (χ3n) is 6.94. The van der Waals surface area contributed by atoms with Gasteiger partial charge in [-0.25, -0.2) is 0 Å². The van der Waals surface area contributed by atoms with Crippen LogP contribution in [-0.4, -0.2) is 103 Å². The number of ether oxygens (including phenoxy) is 2. The van der Waals surface area contributed by atoms with Crippen molar-refractivity contribution in [3.63, 3.8) is 0 Å². The Morgan fingerprint density at radius 1 is 1.11 bits per heavy atom. The monoisotopic (exact) mass is 796 g/mol. The Bertz CT molecular complexity index is 710. The second kappa shape index (κ2) is 14.1. The van der Waals surface area contributed by atoms with Gasteiger partial charge in [-0.05, 0) is 14.1 Å². The Morgan fingerprint density at radius 3 is 2.57 bits per heavy atom. The van der Waals surface area contributed by atoms with Crippen molar-refractivity contribution >= 4 is 12.2 Å². The van der Waals surface area contributed by atoms with Crippen molar-refractivity contribution in [3.05, 3.63) is 0 Å². The predicted octanol–water partition coefficient (Wildman–Crippen LogP) is 1.51. The van der Waals surface area contributed by atoms with Crippen LogP contribution in [0.2, 0.25) is 0 Å². The second-order valence-corrected chi connectivity index (χ2v) is 19.5. The summed E-state index contributed by atoms with van der Waals surface area (Å²) in [4.78, 5) is 29.5. The van der Waals surface area contributed by atoms with E-state index in [0.717, 1.165) is 32.4 Å². The van der Waals surface area contributed by atoms with E-state index in [1.807, 2.05) is 19.0 Å². The fourth-order valence-electron chi connectivity index (χ4n) is 5.63. The van der Waals surface area contributed by atoms with Crippen molar-refractivity contribution < 1.29 is 79.1 Å². The predicted molar refractivity (Wildman–Crippen MR) is 125 cm³/mol. The van der Waals surface area contributed by atoms with Gasteiger partial charge in [-0.3, -0.25) is 0 Å². The Kier molecular flexibility index (Phi) is 12.1. The summed E-state index contributed by atoms with van der Waals surface area (Å²) in [6.07, 6.45) is 2.06. The van der Waals surface area contributed by atoms with Crippen LogP contribution in [-0.2, 0) is 41.3 Å². The zero-order valence-electron chi connectivity index (χ0n) is 22.1. The second-order valence-electron chi connectivity index (χ2n) is 11.5. The summed E-state index contributed by atoms with van der Waals surface area (Å²) in [6.45, 7) is 12.8. The molecule has 35 heavy (non-hydrogen) atoms. The van der Waals surface area contributed by atoms with E-state index in [0.29, 0.717) is 22.8 Å². The minimum atomic E-state index is -1.62. The molecule has 2 amide bonds. The zero-order valence-corrected chi connectivity index (χ0v) is 29.1. The van der Waals surface area contributed by atoms with Crippen molar-refractivity contribution in [3.8, 4) is 0 Å². The number of rotatable bonds is 11. The molecule has 0 aromatic carbocycles. The molecule has 12 heteroatoms.